The number of hydrogen-bond acceptors (Lipinski definition) is 3. The predicted molar refractivity (Wildman–Crippen MR) is 74.9 cm³/mol. The van der Waals surface area contributed by atoms with E-state index in [4.69, 9.17) is 4.74 Å². The lowest BCUT2D eigenvalue weighted by Gasteiger charge is -2.17. The third kappa shape index (κ3) is 2.98. The summed E-state index contributed by atoms with van der Waals surface area (Å²) in [5.74, 6) is 1.19. The molecule has 0 unspecified atom stereocenters. The molecule has 0 aromatic heterocycles. The molecule has 102 valence electrons. The molecule has 0 saturated carbocycles. The van der Waals surface area contributed by atoms with Gasteiger partial charge >= 0.3 is 0 Å². The third-order valence-electron chi connectivity index (χ3n) is 4.10. The molecule has 0 atom stereocenters. The summed E-state index contributed by atoms with van der Waals surface area (Å²) in [4.78, 5) is 14.2. The normalized spacial score (nSPS) is 19.5. The number of ketones is 1. The van der Waals surface area contributed by atoms with E-state index in [9.17, 15) is 4.79 Å². The van der Waals surface area contributed by atoms with Crippen molar-refractivity contribution in [1.82, 2.24) is 4.90 Å². The van der Waals surface area contributed by atoms with E-state index >= 15 is 0 Å². The van der Waals surface area contributed by atoms with Gasteiger partial charge in [0.05, 0.1) is 0 Å². The first kappa shape index (κ1) is 12.7. The fourth-order valence-electron chi connectivity index (χ4n) is 3.01. The Kier molecular flexibility index (Phi) is 3.83. The number of nitrogens with zero attached hydrogens (tertiary/aromatic N) is 1. The van der Waals surface area contributed by atoms with Gasteiger partial charge in [0.15, 0.2) is 5.78 Å². The second kappa shape index (κ2) is 5.74. The standard InChI is InChI=1S/C16H21NO2/c18-16-5-3-4-13-12-14(6-7-15(13)16)19-11-10-17-8-1-2-9-17/h6-7,12H,1-5,8-11H2. The predicted octanol–water partition coefficient (Wildman–Crippen LogP) is 2.68. The van der Waals surface area contributed by atoms with E-state index in [-0.39, 0.29) is 5.78 Å². The van der Waals surface area contributed by atoms with Crippen LogP contribution < -0.4 is 4.74 Å². The molecule has 1 aromatic carbocycles. The monoisotopic (exact) mass is 259 g/mol. The van der Waals surface area contributed by atoms with Gasteiger partial charge in [0.2, 0.25) is 0 Å². The van der Waals surface area contributed by atoms with Crippen LogP contribution in [-0.4, -0.2) is 36.9 Å². The number of carbonyl (C=O) groups excluding carboxylic acids is 1. The van der Waals surface area contributed by atoms with Crippen LogP contribution >= 0.6 is 0 Å². The molecule has 1 fully saturated rings. The lowest BCUT2D eigenvalue weighted by molar-refractivity contribution is 0.0972. The van der Waals surface area contributed by atoms with Crippen molar-refractivity contribution in [2.75, 3.05) is 26.2 Å². The molecule has 3 heteroatoms. The maximum Gasteiger partial charge on any atom is 0.163 e. The Morgan fingerprint density at radius 2 is 1.95 bits per heavy atom. The quantitative estimate of drug-likeness (QED) is 0.832. The number of fused-ring (bicyclic) bond motifs is 1. The van der Waals surface area contributed by atoms with Crippen LogP contribution in [0.1, 0.15) is 41.6 Å². The molecule has 0 radical (unpaired) electrons. The minimum absolute atomic E-state index is 0.282. The molecule has 0 bridgehead atoms. The van der Waals surface area contributed by atoms with Crippen LogP contribution in [0, 0.1) is 0 Å². The van der Waals surface area contributed by atoms with Crippen molar-refractivity contribution >= 4 is 5.78 Å². The van der Waals surface area contributed by atoms with E-state index in [2.05, 4.69) is 11.0 Å². The first-order valence-electron chi connectivity index (χ1n) is 7.34. The van der Waals surface area contributed by atoms with Crippen LogP contribution in [0.5, 0.6) is 5.75 Å². The molecule has 3 nitrogen and oxygen atoms in total. The summed E-state index contributed by atoms with van der Waals surface area (Å²) in [6.07, 6.45) is 5.32. The Morgan fingerprint density at radius 3 is 2.79 bits per heavy atom. The van der Waals surface area contributed by atoms with Gasteiger partial charge in [0, 0.05) is 18.5 Å². The number of carbonyl (C=O) groups is 1. The zero-order valence-corrected chi connectivity index (χ0v) is 11.4. The molecule has 19 heavy (non-hydrogen) atoms. The molecule has 3 rings (SSSR count). The summed E-state index contributed by atoms with van der Waals surface area (Å²) in [5, 5.41) is 0. The van der Waals surface area contributed by atoms with E-state index in [1.165, 1.54) is 25.9 Å². The van der Waals surface area contributed by atoms with Crippen molar-refractivity contribution in [3.8, 4) is 5.75 Å². The average Bonchev–Trinajstić information content (AvgIpc) is 2.92. The molecule has 2 aliphatic rings. The Hall–Kier alpha value is -1.35. The van der Waals surface area contributed by atoms with Crippen molar-refractivity contribution in [2.45, 2.75) is 32.1 Å². The molecule has 0 amide bonds. The lowest BCUT2D eigenvalue weighted by atomic mass is 9.91. The zero-order chi connectivity index (χ0) is 13.1. The van der Waals surface area contributed by atoms with Gasteiger partial charge < -0.3 is 4.74 Å². The first-order chi connectivity index (χ1) is 9.33. The Morgan fingerprint density at radius 1 is 1.11 bits per heavy atom. The number of ether oxygens (including phenoxy) is 1. The van der Waals surface area contributed by atoms with Crippen LogP contribution in [0.15, 0.2) is 18.2 Å². The van der Waals surface area contributed by atoms with E-state index in [1.54, 1.807) is 0 Å². The highest BCUT2D eigenvalue weighted by Crippen LogP contribution is 2.25. The molecule has 1 aliphatic carbocycles. The van der Waals surface area contributed by atoms with E-state index in [1.807, 2.05) is 12.1 Å². The van der Waals surface area contributed by atoms with E-state index < -0.39 is 0 Å². The summed E-state index contributed by atoms with van der Waals surface area (Å²) in [5.41, 5.74) is 2.06. The van der Waals surface area contributed by atoms with Crippen LogP contribution in [0.3, 0.4) is 0 Å². The summed E-state index contributed by atoms with van der Waals surface area (Å²) in [6.45, 7) is 4.17. The molecular formula is C16H21NO2. The number of likely N-dealkylation sites (tertiary alicyclic amines) is 1. The highest BCUT2D eigenvalue weighted by Gasteiger charge is 2.17. The maximum atomic E-state index is 11.7. The van der Waals surface area contributed by atoms with E-state index in [0.717, 1.165) is 42.9 Å². The van der Waals surface area contributed by atoms with Crippen LogP contribution in [0.25, 0.3) is 0 Å². The number of rotatable bonds is 4. The third-order valence-corrected chi connectivity index (χ3v) is 4.10. The Balaban J connectivity index is 1.57. The SMILES string of the molecule is O=C1CCCc2cc(OCCN3CCCC3)ccc21. The Labute approximate surface area is 114 Å². The average molecular weight is 259 g/mol. The van der Waals surface area contributed by atoms with Crippen LogP contribution in [-0.2, 0) is 6.42 Å². The van der Waals surface area contributed by atoms with Gasteiger partial charge in [0.25, 0.3) is 0 Å². The van der Waals surface area contributed by atoms with Crippen molar-refractivity contribution < 1.29 is 9.53 Å². The largest absolute Gasteiger partial charge is 0.492 e. The van der Waals surface area contributed by atoms with Gasteiger partial charge in [-0.2, -0.15) is 0 Å². The minimum Gasteiger partial charge on any atom is -0.492 e. The molecule has 1 aliphatic heterocycles. The number of hydrogen-bond donors (Lipinski definition) is 0. The fraction of sp³-hybridized carbons (Fsp3) is 0.562. The van der Waals surface area contributed by atoms with Gasteiger partial charge in [-0.3, -0.25) is 9.69 Å². The molecule has 1 heterocycles. The summed E-state index contributed by atoms with van der Waals surface area (Å²) in [6, 6.07) is 5.92. The molecule has 1 aromatic rings. The van der Waals surface area contributed by atoms with Crippen molar-refractivity contribution in [1.29, 1.82) is 0 Å². The highest BCUT2D eigenvalue weighted by atomic mass is 16.5. The molecule has 0 N–H and O–H groups in total. The number of Topliss-reactive ketones (excluding diaryl/α,β-unsaturated/α-hetero) is 1. The van der Waals surface area contributed by atoms with Gasteiger partial charge in [-0.05, 0) is 62.5 Å². The lowest BCUT2D eigenvalue weighted by Crippen LogP contribution is -2.25. The fourth-order valence-corrected chi connectivity index (χ4v) is 3.01. The molecular weight excluding hydrogens is 238 g/mol. The second-order valence-corrected chi connectivity index (χ2v) is 5.49. The van der Waals surface area contributed by atoms with Gasteiger partial charge in [0.1, 0.15) is 12.4 Å². The summed E-state index contributed by atoms with van der Waals surface area (Å²) in [7, 11) is 0. The van der Waals surface area contributed by atoms with Gasteiger partial charge in [-0.1, -0.05) is 0 Å². The minimum atomic E-state index is 0.282. The maximum absolute atomic E-state index is 11.7. The zero-order valence-electron chi connectivity index (χ0n) is 11.4. The van der Waals surface area contributed by atoms with Crippen molar-refractivity contribution in [3.63, 3.8) is 0 Å². The first-order valence-corrected chi connectivity index (χ1v) is 7.34. The smallest absolute Gasteiger partial charge is 0.163 e. The summed E-state index contributed by atoms with van der Waals surface area (Å²) < 4.78 is 5.82. The van der Waals surface area contributed by atoms with Crippen molar-refractivity contribution in [3.05, 3.63) is 29.3 Å². The van der Waals surface area contributed by atoms with Crippen LogP contribution in [0.2, 0.25) is 0 Å². The second-order valence-electron chi connectivity index (χ2n) is 5.49. The summed E-state index contributed by atoms with van der Waals surface area (Å²) >= 11 is 0. The molecule has 1 saturated heterocycles. The van der Waals surface area contributed by atoms with Gasteiger partial charge in [-0.25, -0.2) is 0 Å². The highest BCUT2D eigenvalue weighted by molar-refractivity contribution is 5.98. The topological polar surface area (TPSA) is 29.5 Å². The van der Waals surface area contributed by atoms with Gasteiger partial charge in [-0.15, -0.1) is 0 Å². The molecule has 0 spiro atoms. The number of aryl methyl sites for hydroxylation is 1. The van der Waals surface area contributed by atoms with E-state index in [0.29, 0.717) is 6.42 Å². The Bertz CT molecular complexity index is 464. The number of benzene rings is 1. The van der Waals surface area contributed by atoms with Crippen LogP contribution in [0.4, 0.5) is 0 Å². The van der Waals surface area contributed by atoms with Crippen molar-refractivity contribution in [2.24, 2.45) is 0 Å².